The van der Waals surface area contributed by atoms with E-state index in [2.05, 4.69) is 37.3 Å². The van der Waals surface area contributed by atoms with E-state index in [1.807, 2.05) is 0 Å². The molecule has 0 aliphatic carbocycles. The van der Waals surface area contributed by atoms with Gasteiger partial charge >= 0.3 is 0 Å². The molecule has 0 spiro atoms. The van der Waals surface area contributed by atoms with Crippen LogP contribution in [0.4, 0.5) is 0 Å². The summed E-state index contributed by atoms with van der Waals surface area (Å²) in [5.41, 5.74) is 1.34. The highest BCUT2D eigenvalue weighted by molar-refractivity contribution is 5.17. The smallest absolute Gasteiger partial charge is 0.0828 e. The van der Waals surface area contributed by atoms with E-state index in [0.29, 0.717) is 12.2 Å². The molecule has 76 valence electrons. The van der Waals surface area contributed by atoms with Gasteiger partial charge in [-0.25, -0.2) is 0 Å². The zero-order valence-electron chi connectivity index (χ0n) is 8.78. The van der Waals surface area contributed by atoms with E-state index < -0.39 is 0 Å². The summed E-state index contributed by atoms with van der Waals surface area (Å²) in [6.45, 7) is 2.21. The minimum Gasteiger partial charge on any atom is -0.370 e. The van der Waals surface area contributed by atoms with E-state index in [0.717, 1.165) is 6.42 Å². The maximum atomic E-state index is 6.02. The maximum absolute atomic E-state index is 6.02. The predicted octanol–water partition coefficient (Wildman–Crippen LogP) is 3.71. The number of hydrogen-bond acceptors (Lipinski definition) is 1. The van der Waals surface area contributed by atoms with Gasteiger partial charge in [0.15, 0.2) is 0 Å². The fourth-order valence-corrected chi connectivity index (χ4v) is 2.11. The minimum absolute atomic E-state index is 0.342. The van der Waals surface area contributed by atoms with Gasteiger partial charge in [-0.2, -0.15) is 0 Å². The molecule has 0 N–H and O–H groups in total. The van der Waals surface area contributed by atoms with E-state index in [1.165, 1.54) is 24.8 Å². The normalized spacial score (nSPS) is 27.5. The van der Waals surface area contributed by atoms with Gasteiger partial charge in [-0.05, 0) is 31.2 Å². The minimum atomic E-state index is 0.342. The Morgan fingerprint density at radius 3 is 2.71 bits per heavy atom. The van der Waals surface area contributed by atoms with Crippen LogP contribution in [0.25, 0.3) is 0 Å². The Hall–Kier alpha value is -0.820. The second kappa shape index (κ2) is 4.61. The third kappa shape index (κ3) is 2.16. The zero-order chi connectivity index (χ0) is 9.80. The molecular weight excluding hydrogens is 172 g/mol. The highest BCUT2D eigenvalue weighted by Crippen LogP contribution is 2.31. The maximum Gasteiger partial charge on any atom is 0.0828 e. The van der Waals surface area contributed by atoms with E-state index in [1.54, 1.807) is 0 Å². The van der Waals surface area contributed by atoms with Gasteiger partial charge in [-0.15, -0.1) is 0 Å². The van der Waals surface area contributed by atoms with Crippen molar-refractivity contribution in [3.8, 4) is 0 Å². The molecular formula is C13H18O. The van der Waals surface area contributed by atoms with E-state index in [-0.39, 0.29) is 0 Å². The Balaban J connectivity index is 2.04. The molecule has 1 saturated heterocycles. The largest absolute Gasteiger partial charge is 0.370 e. The summed E-state index contributed by atoms with van der Waals surface area (Å²) in [6, 6.07) is 10.6. The van der Waals surface area contributed by atoms with Crippen molar-refractivity contribution in [1.29, 1.82) is 0 Å². The van der Waals surface area contributed by atoms with Gasteiger partial charge in [0.1, 0.15) is 0 Å². The SMILES string of the molecule is CCC1CCCC(c2ccccc2)O1. The van der Waals surface area contributed by atoms with Crippen LogP contribution >= 0.6 is 0 Å². The van der Waals surface area contributed by atoms with Crippen LogP contribution in [-0.4, -0.2) is 6.10 Å². The van der Waals surface area contributed by atoms with Crippen LogP contribution in [0.3, 0.4) is 0 Å². The summed E-state index contributed by atoms with van der Waals surface area (Å²) in [7, 11) is 0. The molecule has 1 heterocycles. The lowest BCUT2D eigenvalue weighted by Crippen LogP contribution is -2.21. The summed E-state index contributed by atoms with van der Waals surface area (Å²) in [4.78, 5) is 0. The molecule has 0 aromatic heterocycles. The summed E-state index contributed by atoms with van der Waals surface area (Å²) in [5, 5.41) is 0. The summed E-state index contributed by atoms with van der Waals surface area (Å²) in [5.74, 6) is 0. The molecule has 1 aliphatic rings. The van der Waals surface area contributed by atoms with Gasteiger partial charge < -0.3 is 4.74 Å². The van der Waals surface area contributed by atoms with Crippen molar-refractivity contribution >= 4 is 0 Å². The molecule has 1 aromatic carbocycles. The summed E-state index contributed by atoms with van der Waals surface area (Å²) < 4.78 is 6.02. The van der Waals surface area contributed by atoms with Crippen LogP contribution in [0.2, 0.25) is 0 Å². The van der Waals surface area contributed by atoms with Crippen molar-refractivity contribution in [3.63, 3.8) is 0 Å². The molecule has 1 aliphatic heterocycles. The standard InChI is InChI=1S/C13H18O/c1-2-12-9-6-10-13(14-12)11-7-4-3-5-8-11/h3-5,7-8,12-13H,2,6,9-10H2,1H3. The van der Waals surface area contributed by atoms with Crippen molar-refractivity contribution < 1.29 is 4.74 Å². The Morgan fingerprint density at radius 2 is 2.00 bits per heavy atom. The second-order valence-electron chi connectivity index (χ2n) is 4.00. The number of benzene rings is 1. The third-order valence-corrected chi connectivity index (χ3v) is 2.98. The van der Waals surface area contributed by atoms with Crippen molar-refractivity contribution in [2.75, 3.05) is 0 Å². The predicted molar refractivity (Wildman–Crippen MR) is 58.2 cm³/mol. The molecule has 0 bridgehead atoms. The molecule has 1 aromatic rings. The first kappa shape index (κ1) is 9.72. The first-order valence-corrected chi connectivity index (χ1v) is 5.60. The van der Waals surface area contributed by atoms with Gasteiger partial charge in [0.25, 0.3) is 0 Å². The van der Waals surface area contributed by atoms with E-state index >= 15 is 0 Å². The molecule has 1 heteroatoms. The second-order valence-corrected chi connectivity index (χ2v) is 4.00. The van der Waals surface area contributed by atoms with Crippen LogP contribution in [0, 0.1) is 0 Å². The Bertz CT molecular complexity index is 268. The van der Waals surface area contributed by atoms with Gasteiger partial charge in [0.05, 0.1) is 12.2 Å². The van der Waals surface area contributed by atoms with Gasteiger partial charge in [0, 0.05) is 0 Å². The van der Waals surface area contributed by atoms with Gasteiger partial charge in [0.2, 0.25) is 0 Å². The average molecular weight is 190 g/mol. The fraction of sp³-hybridized carbons (Fsp3) is 0.538. The quantitative estimate of drug-likeness (QED) is 0.690. The molecule has 1 fully saturated rings. The highest BCUT2D eigenvalue weighted by Gasteiger charge is 2.21. The van der Waals surface area contributed by atoms with Crippen molar-refractivity contribution in [3.05, 3.63) is 35.9 Å². The summed E-state index contributed by atoms with van der Waals surface area (Å²) >= 11 is 0. The Labute approximate surface area is 86.1 Å². The molecule has 2 atom stereocenters. The lowest BCUT2D eigenvalue weighted by molar-refractivity contribution is -0.0525. The van der Waals surface area contributed by atoms with E-state index in [4.69, 9.17) is 4.74 Å². The van der Waals surface area contributed by atoms with Gasteiger partial charge in [-0.3, -0.25) is 0 Å². The molecule has 1 nitrogen and oxygen atoms in total. The monoisotopic (exact) mass is 190 g/mol. The van der Waals surface area contributed by atoms with Gasteiger partial charge in [-0.1, -0.05) is 37.3 Å². The topological polar surface area (TPSA) is 9.23 Å². The molecule has 0 saturated carbocycles. The van der Waals surface area contributed by atoms with Crippen molar-refractivity contribution in [2.45, 2.75) is 44.8 Å². The number of ether oxygens (including phenoxy) is 1. The highest BCUT2D eigenvalue weighted by atomic mass is 16.5. The molecule has 14 heavy (non-hydrogen) atoms. The van der Waals surface area contributed by atoms with Crippen LogP contribution in [0.1, 0.15) is 44.3 Å². The molecule has 2 rings (SSSR count). The molecule has 0 amide bonds. The molecule has 0 radical (unpaired) electrons. The summed E-state index contributed by atoms with van der Waals surface area (Å²) in [6.07, 6.45) is 5.69. The lowest BCUT2D eigenvalue weighted by Gasteiger charge is -2.29. The first-order chi connectivity index (χ1) is 6.90. The van der Waals surface area contributed by atoms with Crippen molar-refractivity contribution in [1.82, 2.24) is 0 Å². The van der Waals surface area contributed by atoms with Crippen LogP contribution in [-0.2, 0) is 4.74 Å². The lowest BCUT2D eigenvalue weighted by atomic mass is 9.97. The van der Waals surface area contributed by atoms with Crippen LogP contribution in [0.5, 0.6) is 0 Å². The first-order valence-electron chi connectivity index (χ1n) is 5.60. The van der Waals surface area contributed by atoms with Crippen LogP contribution in [0.15, 0.2) is 30.3 Å². The Kier molecular flexibility index (Phi) is 3.20. The number of rotatable bonds is 2. The fourth-order valence-electron chi connectivity index (χ4n) is 2.11. The third-order valence-electron chi connectivity index (χ3n) is 2.98. The molecule has 2 unspecified atom stereocenters. The van der Waals surface area contributed by atoms with E-state index in [9.17, 15) is 0 Å². The number of hydrogen-bond donors (Lipinski definition) is 0. The Morgan fingerprint density at radius 1 is 1.21 bits per heavy atom. The van der Waals surface area contributed by atoms with Crippen LogP contribution < -0.4 is 0 Å². The zero-order valence-corrected chi connectivity index (χ0v) is 8.78. The van der Waals surface area contributed by atoms with Crippen molar-refractivity contribution in [2.24, 2.45) is 0 Å². The average Bonchev–Trinajstić information content (AvgIpc) is 2.30.